The second kappa shape index (κ2) is 5.66. The number of nitrogens with zero attached hydrogens (tertiary/aromatic N) is 1. The first-order chi connectivity index (χ1) is 6.67. The van der Waals surface area contributed by atoms with Crippen LogP contribution < -0.4 is 5.73 Å². The van der Waals surface area contributed by atoms with E-state index < -0.39 is 0 Å². The minimum atomic E-state index is -0.130. The zero-order valence-electron chi connectivity index (χ0n) is 9.15. The van der Waals surface area contributed by atoms with E-state index in [4.69, 9.17) is 15.6 Å². The Labute approximate surface area is 86.0 Å². The first-order valence-electron chi connectivity index (χ1n) is 5.39. The van der Waals surface area contributed by atoms with E-state index in [2.05, 4.69) is 18.7 Å². The van der Waals surface area contributed by atoms with Crippen molar-refractivity contribution in [3.05, 3.63) is 0 Å². The van der Waals surface area contributed by atoms with Crippen LogP contribution in [0.15, 0.2) is 0 Å². The number of nitrogens with two attached hydrogens (primary N) is 1. The summed E-state index contributed by atoms with van der Waals surface area (Å²) in [4.78, 5) is 2.33. The molecule has 0 amide bonds. The Kier molecular flexibility index (Phi) is 4.81. The zero-order chi connectivity index (χ0) is 10.6. The normalized spacial score (nSPS) is 31.7. The van der Waals surface area contributed by atoms with Gasteiger partial charge in [-0.25, -0.2) is 0 Å². The highest BCUT2D eigenvalue weighted by atomic mass is 16.5. The predicted molar refractivity (Wildman–Crippen MR) is 56.1 cm³/mol. The molecule has 1 aliphatic rings. The van der Waals surface area contributed by atoms with Gasteiger partial charge in [-0.05, 0) is 13.3 Å². The maximum Gasteiger partial charge on any atom is 0.0674 e. The Morgan fingerprint density at radius 3 is 2.93 bits per heavy atom. The molecule has 0 spiro atoms. The molecule has 4 heteroatoms. The highest BCUT2D eigenvalue weighted by molar-refractivity contribution is 4.80. The van der Waals surface area contributed by atoms with E-state index in [0.717, 1.165) is 26.1 Å². The van der Waals surface area contributed by atoms with Crippen LogP contribution in [-0.2, 0) is 4.74 Å². The number of rotatable bonds is 4. The minimum Gasteiger partial charge on any atom is -0.395 e. The fraction of sp³-hybridized carbons (Fsp3) is 1.00. The quantitative estimate of drug-likeness (QED) is 0.663. The fourth-order valence-electron chi connectivity index (χ4n) is 1.87. The van der Waals surface area contributed by atoms with E-state index >= 15 is 0 Å². The SMILES string of the molecule is CCC1COC(C)CN1CC(N)CO. The van der Waals surface area contributed by atoms with Crippen molar-refractivity contribution in [3.8, 4) is 0 Å². The molecular weight excluding hydrogens is 180 g/mol. The summed E-state index contributed by atoms with van der Waals surface area (Å²) in [5, 5.41) is 8.91. The minimum absolute atomic E-state index is 0.0577. The average molecular weight is 202 g/mol. The molecule has 4 nitrogen and oxygen atoms in total. The summed E-state index contributed by atoms with van der Waals surface area (Å²) in [5.41, 5.74) is 5.73. The molecule has 1 rings (SSSR count). The summed E-state index contributed by atoms with van der Waals surface area (Å²) in [6.45, 7) is 6.76. The van der Waals surface area contributed by atoms with E-state index in [-0.39, 0.29) is 18.8 Å². The third-order valence-electron chi connectivity index (χ3n) is 2.76. The van der Waals surface area contributed by atoms with Crippen LogP contribution in [0.4, 0.5) is 0 Å². The lowest BCUT2D eigenvalue weighted by atomic mass is 10.1. The van der Waals surface area contributed by atoms with Gasteiger partial charge in [-0.15, -0.1) is 0 Å². The number of morpholine rings is 1. The van der Waals surface area contributed by atoms with E-state index in [1.165, 1.54) is 0 Å². The summed E-state index contributed by atoms with van der Waals surface area (Å²) >= 11 is 0. The number of aliphatic hydroxyl groups excluding tert-OH is 1. The van der Waals surface area contributed by atoms with Crippen LogP contribution in [0.2, 0.25) is 0 Å². The van der Waals surface area contributed by atoms with E-state index in [0.29, 0.717) is 6.04 Å². The van der Waals surface area contributed by atoms with Crippen molar-refractivity contribution in [2.75, 3.05) is 26.3 Å². The molecule has 0 saturated carbocycles. The molecule has 1 aliphatic heterocycles. The van der Waals surface area contributed by atoms with Crippen LogP contribution in [0.1, 0.15) is 20.3 Å². The van der Waals surface area contributed by atoms with Crippen molar-refractivity contribution >= 4 is 0 Å². The van der Waals surface area contributed by atoms with Gasteiger partial charge in [0.05, 0.1) is 19.3 Å². The third-order valence-corrected chi connectivity index (χ3v) is 2.76. The zero-order valence-corrected chi connectivity index (χ0v) is 9.15. The first-order valence-corrected chi connectivity index (χ1v) is 5.39. The van der Waals surface area contributed by atoms with Crippen LogP contribution in [0.25, 0.3) is 0 Å². The number of ether oxygens (including phenoxy) is 1. The summed E-state index contributed by atoms with van der Waals surface area (Å²) in [6, 6.07) is 0.332. The van der Waals surface area contributed by atoms with Gasteiger partial charge in [0.1, 0.15) is 0 Å². The maximum absolute atomic E-state index is 8.91. The lowest BCUT2D eigenvalue weighted by Crippen LogP contribution is -2.53. The number of hydrogen-bond donors (Lipinski definition) is 2. The van der Waals surface area contributed by atoms with Gasteiger partial charge in [0.2, 0.25) is 0 Å². The lowest BCUT2D eigenvalue weighted by molar-refractivity contribution is -0.0587. The van der Waals surface area contributed by atoms with E-state index in [1.54, 1.807) is 0 Å². The van der Waals surface area contributed by atoms with Crippen LogP contribution in [0.3, 0.4) is 0 Å². The van der Waals surface area contributed by atoms with Gasteiger partial charge in [-0.1, -0.05) is 6.92 Å². The van der Waals surface area contributed by atoms with E-state index in [1.807, 2.05) is 0 Å². The largest absolute Gasteiger partial charge is 0.395 e. The molecule has 3 atom stereocenters. The fourth-order valence-corrected chi connectivity index (χ4v) is 1.87. The Hall–Kier alpha value is -0.160. The molecular formula is C10H22N2O2. The summed E-state index contributed by atoms with van der Waals surface area (Å²) in [6.07, 6.45) is 1.36. The average Bonchev–Trinajstić information content (AvgIpc) is 2.18. The second-order valence-corrected chi connectivity index (χ2v) is 4.10. The van der Waals surface area contributed by atoms with Crippen LogP contribution in [-0.4, -0.2) is 54.5 Å². The molecule has 0 aliphatic carbocycles. The number of hydrogen-bond acceptors (Lipinski definition) is 4. The standard InChI is InChI=1S/C10H22N2O2/c1-3-10-7-14-8(2)4-12(10)5-9(11)6-13/h8-10,13H,3-7,11H2,1-2H3. The Balaban J connectivity index is 2.44. The summed E-state index contributed by atoms with van der Waals surface area (Å²) in [5.74, 6) is 0. The molecule has 3 unspecified atom stereocenters. The van der Waals surface area contributed by atoms with Crippen LogP contribution in [0, 0.1) is 0 Å². The molecule has 84 valence electrons. The highest BCUT2D eigenvalue weighted by Gasteiger charge is 2.26. The molecule has 1 heterocycles. The third kappa shape index (κ3) is 3.20. The van der Waals surface area contributed by atoms with Gasteiger partial charge in [0, 0.05) is 25.2 Å². The van der Waals surface area contributed by atoms with Crippen molar-refractivity contribution in [2.24, 2.45) is 5.73 Å². The second-order valence-electron chi connectivity index (χ2n) is 4.10. The summed E-state index contributed by atoms with van der Waals surface area (Å²) in [7, 11) is 0. The first kappa shape index (κ1) is 11.9. The molecule has 0 radical (unpaired) electrons. The van der Waals surface area contributed by atoms with Gasteiger partial charge < -0.3 is 15.6 Å². The molecule has 1 fully saturated rings. The molecule has 0 aromatic rings. The lowest BCUT2D eigenvalue weighted by Gasteiger charge is -2.39. The predicted octanol–water partition coefficient (Wildman–Crippen LogP) is -0.195. The van der Waals surface area contributed by atoms with Gasteiger partial charge in [0.25, 0.3) is 0 Å². The van der Waals surface area contributed by atoms with Gasteiger partial charge in [-0.3, -0.25) is 4.90 Å². The van der Waals surface area contributed by atoms with Crippen molar-refractivity contribution in [1.82, 2.24) is 4.90 Å². The van der Waals surface area contributed by atoms with Crippen LogP contribution in [0.5, 0.6) is 0 Å². The van der Waals surface area contributed by atoms with Crippen molar-refractivity contribution in [2.45, 2.75) is 38.5 Å². The monoisotopic (exact) mass is 202 g/mol. The van der Waals surface area contributed by atoms with Gasteiger partial charge >= 0.3 is 0 Å². The van der Waals surface area contributed by atoms with Gasteiger partial charge in [-0.2, -0.15) is 0 Å². The molecule has 0 bridgehead atoms. The molecule has 0 aromatic carbocycles. The Morgan fingerprint density at radius 1 is 1.64 bits per heavy atom. The van der Waals surface area contributed by atoms with Gasteiger partial charge in [0.15, 0.2) is 0 Å². The maximum atomic E-state index is 8.91. The number of aliphatic hydroxyl groups is 1. The molecule has 3 N–H and O–H groups in total. The summed E-state index contributed by atoms with van der Waals surface area (Å²) < 4.78 is 5.58. The highest BCUT2D eigenvalue weighted by Crippen LogP contribution is 2.14. The molecule has 1 saturated heterocycles. The van der Waals surface area contributed by atoms with Crippen molar-refractivity contribution in [3.63, 3.8) is 0 Å². The Morgan fingerprint density at radius 2 is 2.36 bits per heavy atom. The topological polar surface area (TPSA) is 58.7 Å². The van der Waals surface area contributed by atoms with E-state index in [9.17, 15) is 0 Å². The van der Waals surface area contributed by atoms with Crippen molar-refractivity contribution < 1.29 is 9.84 Å². The van der Waals surface area contributed by atoms with Crippen LogP contribution >= 0.6 is 0 Å². The Bertz CT molecular complexity index is 166. The smallest absolute Gasteiger partial charge is 0.0674 e. The molecule has 0 aromatic heterocycles. The molecule has 14 heavy (non-hydrogen) atoms. The van der Waals surface area contributed by atoms with Crippen molar-refractivity contribution in [1.29, 1.82) is 0 Å².